The number of hydrogen-bond acceptors (Lipinski definition) is 8. The Hall–Kier alpha value is -5.35. The highest BCUT2D eigenvalue weighted by Crippen LogP contribution is 2.18. The van der Waals surface area contributed by atoms with Gasteiger partial charge in [0.15, 0.2) is 0 Å². The van der Waals surface area contributed by atoms with Gasteiger partial charge in [-0.25, -0.2) is 14.0 Å². The number of primary amides is 1. The van der Waals surface area contributed by atoms with Crippen LogP contribution < -0.4 is 27.0 Å². The molecule has 0 aliphatic carbocycles. The van der Waals surface area contributed by atoms with Gasteiger partial charge in [-0.1, -0.05) is 6.42 Å². The van der Waals surface area contributed by atoms with Gasteiger partial charge in [0.05, 0.1) is 12.1 Å². The van der Waals surface area contributed by atoms with Crippen molar-refractivity contribution >= 4 is 53.1 Å². The van der Waals surface area contributed by atoms with Crippen molar-refractivity contribution in [1.29, 1.82) is 0 Å². The third kappa shape index (κ3) is 11.6. The van der Waals surface area contributed by atoms with E-state index in [0.717, 1.165) is 21.9 Å². The zero-order chi connectivity index (χ0) is 34.4. The third-order valence-corrected chi connectivity index (χ3v) is 6.98. The highest BCUT2D eigenvalue weighted by Gasteiger charge is 2.26. The summed E-state index contributed by atoms with van der Waals surface area (Å²) in [5.74, 6) is -5.80. The smallest absolute Gasteiger partial charge is 0.326 e. The minimum Gasteiger partial charge on any atom is -0.480 e. The van der Waals surface area contributed by atoms with Crippen LogP contribution in [0.2, 0.25) is 0 Å². The number of urea groups is 1. The summed E-state index contributed by atoms with van der Waals surface area (Å²) in [6.45, 7) is 1.15. The molecule has 1 unspecified atom stereocenters. The van der Waals surface area contributed by atoms with Crippen molar-refractivity contribution < 1.29 is 47.9 Å². The molecule has 1 aromatic rings. The topological polar surface area (TPSA) is 237 Å². The van der Waals surface area contributed by atoms with E-state index in [1.165, 1.54) is 32.2 Å². The molecule has 17 heteroatoms. The van der Waals surface area contributed by atoms with Crippen LogP contribution in [0.15, 0.2) is 30.4 Å². The van der Waals surface area contributed by atoms with Gasteiger partial charge >= 0.3 is 12.0 Å². The number of nitrogens with two attached hydrogens (primary N) is 1. The highest BCUT2D eigenvalue weighted by molar-refractivity contribution is 6.12. The van der Waals surface area contributed by atoms with Crippen LogP contribution >= 0.6 is 0 Å². The Labute approximate surface area is 263 Å². The maximum Gasteiger partial charge on any atom is 0.326 e. The van der Waals surface area contributed by atoms with Crippen molar-refractivity contribution in [2.45, 2.75) is 57.5 Å². The fourth-order valence-electron chi connectivity index (χ4n) is 4.21. The third-order valence-electron chi connectivity index (χ3n) is 6.98. The molecule has 1 aromatic carbocycles. The molecule has 0 fully saturated rings. The number of anilines is 1. The Morgan fingerprint density at radius 3 is 2.26 bits per heavy atom. The predicted octanol–water partition coefficient (Wildman–Crippen LogP) is -0.156. The Balaban J connectivity index is 1.90. The number of carbonyl (C=O) groups excluding carboxylic acids is 7. The molecule has 0 bridgehead atoms. The van der Waals surface area contributed by atoms with Crippen molar-refractivity contribution in [1.82, 2.24) is 25.8 Å². The summed E-state index contributed by atoms with van der Waals surface area (Å²) >= 11 is 0. The first-order valence-electron chi connectivity index (χ1n) is 14.4. The molecule has 0 radical (unpaired) electrons. The number of carboxylic acid groups (broad SMARTS) is 1. The van der Waals surface area contributed by atoms with E-state index in [2.05, 4.69) is 21.3 Å². The summed E-state index contributed by atoms with van der Waals surface area (Å²) in [6, 6.07) is 0.0245. The standard InChI is InChI=1S/C29H38FN7O9/c1-17(28(44)45)36(2)27(43)19-10-9-18(15-20(19)30)34-26(42)21(7-6-13-32-29(31)46)35-23(39)16-33-22(38)8-4-3-5-14-37-24(40)11-12-25(37)41/h9-12,15,17,21H,3-8,13-14,16H2,1-2H3,(H,33,38)(H,34,42)(H,35,39)(H,44,45)(H3,31,32,46)/t17-,21?/m0/s1. The maximum atomic E-state index is 14.8. The molecule has 1 heterocycles. The zero-order valence-electron chi connectivity index (χ0n) is 25.5. The van der Waals surface area contributed by atoms with Gasteiger partial charge < -0.3 is 37.0 Å². The summed E-state index contributed by atoms with van der Waals surface area (Å²) in [4.78, 5) is 97.5. The molecule has 16 nitrogen and oxygen atoms in total. The number of carboxylic acids is 1. The fraction of sp³-hybridized carbons (Fsp3) is 0.448. The van der Waals surface area contributed by atoms with Crippen LogP contribution in [0.3, 0.4) is 0 Å². The van der Waals surface area contributed by atoms with Gasteiger partial charge in [0, 0.05) is 44.4 Å². The summed E-state index contributed by atoms with van der Waals surface area (Å²) in [7, 11) is 1.21. The molecular weight excluding hydrogens is 609 g/mol. The first kappa shape index (κ1) is 36.8. The lowest BCUT2D eigenvalue weighted by molar-refractivity contribution is -0.141. The number of likely N-dealkylation sites (N-methyl/N-ethyl adjacent to an activating group) is 1. The molecule has 1 aliphatic heterocycles. The van der Waals surface area contributed by atoms with Crippen LogP contribution in [0.5, 0.6) is 0 Å². The second kappa shape index (κ2) is 17.8. The molecular formula is C29H38FN7O9. The summed E-state index contributed by atoms with van der Waals surface area (Å²) in [6.07, 6.45) is 4.25. The van der Waals surface area contributed by atoms with Crippen LogP contribution in [0.1, 0.15) is 55.8 Å². The predicted molar refractivity (Wildman–Crippen MR) is 160 cm³/mol. The molecule has 250 valence electrons. The summed E-state index contributed by atoms with van der Waals surface area (Å²) < 4.78 is 14.8. The summed E-state index contributed by atoms with van der Waals surface area (Å²) in [5.41, 5.74) is 4.58. The number of carbonyl (C=O) groups is 8. The van der Waals surface area contributed by atoms with E-state index in [0.29, 0.717) is 19.3 Å². The van der Waals surface area contributed by atoms with E-state index >= 15 is 0 Å². The average Bonchev–Trinajstić information content (AvgIpc) is 3.32. The molecule has 2 rings (SSSR count). The number of nitrogens with one attached hydrogen (secondary N) is 4. The van der Waals surface area contributed by atoms with Gasteiger partial charge in [-0.05, 0) is 50.8 Å². The second-order valence-corrected chi connectivity index (χ2v) is 10.4. The molecule has 0 aromatic heterocycles. The van der Waals surface area contributed by atoms with Crippen LogP contribution in [-0.4, -0.2) is 101 Å². The lowest BCUT2D eigenvalue weighted by atomic mass is 10.1. The van der Waals surface area contributed by atoms with E-state index in [1.54, 1.807) is 0 Å². The normalized spacial score (nSPS) is 13.5. The average molecular weight is 648 g/mol. The number of nitrogens with zero attached hydrogens (tertiary/aromatic N) is 2. The number of benzene rings is 1. The molecule has 0 saturated heterocycles. The minimum absolute atomic E-state index is 0.0280. The van der Waals surface area contributed by atoms with Gasteiger partial charge in [0.1, 0.15) is 17.9 Å². The van der Waals surface area contributed by atoms with Crippen LogP contribution in [0, 0.1) is 5.82 Å². The number of imide groups is 1. The van der Waals surface area contributed by atoms with E-state index < -0.39 is 65.6 Å². The van der Waals surface area contributed by atoms with Crippen molar-refractivity contribution in [3.05, 3.63) is 41.7 Å². The second-order valence-electron chi connectivity index (χ2n) is 10.4. The van der Waals surface area contributed by atoms with Gasteiger partial charge in [-0.2, -0.15) is 0 Å². The Morgan fingerprint density at radius 2 is 1.65 bits per heavy atom. The number of rotatable bonds is 18. The van der Waals surface area contributed by atoms with Gasteiger partial charge in [0.25, 0.3) is 17.7 Å². The fourth-order valence-corrected chi connectivity index (χ4v) is 4.21. The number of amides is 8. The van der Waals surface area contributed by atoms with Crippen LogP contribution in [0.25, 0.3) is 0 Å². The number of halogens is 1. The zero-order valence-corrected chi connectivity index (χ0v) is 25.5. The van der Waals surface area contributed by atoms with Crippen molar-refractivity contribution in [2.24, 2.45) is 5.73 Å². The number of aliphatic carboxylic acids is 1. The first-order chi connectivity index (χ1) is 21.7. The minimum atomic E-state index is -1.28. The SMILES string of the molecule is C[C@@H](C(=O)O)N(C)C(=O)c1ccc(NC(=O)C(CCCNC(N)=O)NC(=O)CNC(=O)CCCCCN2C(=O)C=CC2=O)cc1F. The Kier molecular flexibility index (Phi) is 14.3. The van der Waals surface area contributed by atoms with E-state index in [4.69, 9.17) is 10.8 Å². The lowest BCUT2D eigenvalue weighted by Gasteiger charge is -2.22. The van der Waals surface area contributed by atoms with E-state index in [1.807, 2.05) is 0 Å². The van der Waals surface area contributed by atoms with Crippen molar-refractivity contribution in [3.8, 4) is 0 Å². The number of hydrogen-bond donors (Lipinski definition) is 6. The van der Waals surface area contributed by atoms with Gasteiger partial charge in [-0.15, -0.1) is 0 Å². The summed E-state index contributed by atoms with van der Waals surface area (Å²) in [5, 5.41) is 18.8. The van der Waals surface area contributed by atoms with Crippen molar-refractivity contribution in [2.75, 3.05) is 32.0 Å². The van der Waals surface area contributed by atoms with Crippen LogP contribution in [0.4, 0.5) is 14.9 Å². The van der Waals surface area contributed by atoms with E-state index in [9.17, 15) is 42.7 Å². The van der Waals surface area contributed by atoms with Crippen LogP contribution in [-0.2, 0) is 28.8 Å². The lowest BCUT2D eigenvalue weighted by Crippen LogP contribution is -2.47. The van der Waals surface area contributed by atoms with Gasteiger partial charge in [0.2, 0.25) is 17.7 Å². The molecule has 46 heavy (non-hydrogen) atoms. The van der Waals surface area contributed by atoms with Crippen molar-refractivity contribution in [3.63, 3.8) is 0 Å². The molecule has 2 atom stereocenters. The largest absolute Gasteiger partial charge is 0.480 e. The monoisotopic (exact) mass is 647 g/mol. The molecule has 7 N–H and O–H groups in total. The number of unbranched alkanes of at least 4 members (excludes halogenated alkanes) is 2. The molecule has 1 aliphatic rings. The maximum absolute atomic E-state index is 14.8. The molecule has 0 spiro atoms. The molecule has 8 amide bonds. The Bertz CT molecular complexity index is 1370. The molecule has 0 saturated carbocycles. The first-order valence-corrected chi connectivity index (χ1v) is 14.4. The van der Waals surface area contributed by atoms with E-state index in [-0.39, 0.29) is 49.9 Å². The Morgan fingerprint density at radius 1 is 0.978 bits per heavy atom. The quantitative estimate of drug-likeness (QED) is 0.0916. The van der Waals surface area contributed by atoms with Gasteiger partial charge in [-0.3, -0.25) is 33.7 Å². The highest BCUT2D eigenvalue weighted by atomic mass is 19.1.